The van der Waals surface area contributed by atoms with Gasteiger partial charge in [-0.15, -0.1) is 0 Å². The average molecular weight is 327 g/mol. The molecule has 0 radical (unpaired) electrons. The number of nitrogens with zero attached hydrogens (tertiary/aromatic N) is 1. The first-order valence-electron chi connectivity index (χ1n) is 7.67. The highest BCUT2D eigenvalue weighted by molar-refractivity contribution is 7.08. The van der Waals surface area contributed by atoms with Crippen LogP contribution in [0.25, 0.3) is 11.1 Å². The largest absolute Gasteiger partial charge is 0.328 e. The van der Waals surface area contributed by atoms with E-state index in [1.54, 1.807) is 16.2 Å². The van der Waals surface area contributed by atoms with Gasteiger partial charge >= 0.3 is 0 Å². The predicted octanol–water partition coefficient (Wildman–Crippen LogP) is 2.30. The van der Waals surface area contributed by atoms with E-state index in [2.05, 4.69) is 5.32 Å². The molecule has 2 aliphatic rings. The Balaban J connectivity index is 1.77. The van der Waals surface area contributed by atoms with Crippen molar-refractivity contribution in [1.29, 1.82) is 0 Å². The Morgan fingerprint density at radius 1 is 1.22 bits per heavy atom. The summed E-state index contributed by atoms with van der Waals surface area (Å²) >= 11 is 1.62. The summed E-state index contributed by atoms with van der Waals surface area (Å²) in [5.41, 5.74) is 9.19. The number of hydrogen-bond donors (Lipinski definition) is 2. The molecule has 1 aromatic carbocycles. The molecule has 118 valence electrons. The van der Waals surface area contributed by atoms with E-state index in [1.165, 1.54) is 0 Å². The van der Waals surface area contributed by atoms with Crippen molar-refractivity contribution >= 4 is 28.8 Å². The topological polar surface area (TPSA) is 75.4 Å². The summed E-state index contributed by atoms with van der Waals surface area (Å²) in [7, 11) is 0. The van der Waals surface area contributed by atoms with Crippen LogP contribution in [0.2, 0.25) is 0 Å². The second-order valence-corrected chi connectivity index (χ2v) is 6.84. The summed E-state index contributed by atoms with van der Waals surface area (Å²) in [6, 6.07) is 7.15. The number of amides is 2. The lowest BCUT2D eigenvalue weighted by Crippen LogP contribution is -2.53. The molecule has 1 fully saturated rings. The van der Waals surface area contributed by atoms with Crippen molar-refractivity contribution in [2.75, 3.05) is 11.9 Å². The monoisotopic (exact) mass is 327 g/mol. The minimum atomic E-state index is -0.469. The van der Waals surface area contributed by atoms with E-state index in [4.69, 9.17) is 5.73 Å². The molecular weight excluding hydrogens is 310 g/mol. The van der Waals surface area contributed by atoms with Crippen molar-refractivity contribution in [3.8, 4) is 11.1 Å². The highest BCUT2D eigenvalue weighted by atomic mass is 32.1. The number of nitrogens with one attached hydrogen (secondary N) is 1. The number of rotatable bonds is 1. The quantitative estimate of drug-likeness (QED) is 0.844. The molecule has 2 atom stereocenters. The Hall–Kier alpha value is -2.18. The third-order valence-electron chi connectivity index (χ3n) is 4.57. The Kier molecular flexibility index (Phi) is 3.43. The van der Waals surface area contributed by atoms with E-state index in [9.17, 15) is 9.59 Å². The van der Waals surface area contributed by atoms with Crippen LogP contribution in [0.15, 0.2) is 35.0 Å². The van der Waals surface area contributed by atoms with Crippen molar-refractivity contribution in [3.63, 3.8) is 0 Å². The van der Waals surface area contributed by atoms with Crippen LogP contribution in [0.4, 0.5) is 5.69 Å². The zero-order chi connectivity index (χ0) is 16.0. The van der Waals surface area contributed by atoms with Gasteiger partial charge in [0.1, 0.15) is 6.04 Å². The Bertz CT molecular complexity index is 772. The third-order valence-corrected chi connectivity index (χ3v) is 5.25. The zero-order valence-electron chi connectivity index (χ0n) is 12.5. The van der Waals surface area contributed by atoms with E-state index in [1.807, 2.05) is 35.0 Å². The molecule has 0 aliphatic carbocycles. The first-order chi connectivity index (χ1) is 11.1. The first kappa shape index (κ1) is 14.4. The molecule has 2 aromatic rings. The summed E-state index contributed by atoms with van der Waals surface area (Å²) in [6.45, 7) is 0.528. The standard InChI is InChI=1S/C17H17N3O2S/c18-12-3-5-20-15(8-12)16(21)19-14-2-1-10(7-13(14)17(20)22)11-4-6-23-9-11/h1-2,4,6-7,9,12,15H,3,5,8,18H2,(H,19,21)/t12-,15-/m0/s1. The van der Waals surface area contributed by atoms with E-state index in [-0.39, 0.29) is 17.9 Å². The number of anilines is 1. The third kappa shape index (κ3) is 2.44. The molecule has 0 unspecified atom stereocenters. The first-order valence-corrected chi connectivity index (χ1v) is 8.62. The van der Waals surface area contributed by atoms with Gasteiger partial charge in [0.15, 0.2) is 0 Å². The molecule has 5 nitrogen and oxygen atoms in total. The fourth-order valence-electron chi connectivity index (χ4n) is 3.29. The van der Waals surface area contributed by atoms with Gasteiger partial charge in [-0.1, -0.05) is 6.07 Å². The second kappa shape index (κ2) is 5.47. The average Bonchev–Trinajstić information content (AvgIpc) is 3.06. The molecule has 4 rings (SSSR count). The normalized spacial score (nSPS) is 23.8. The Labute approximate surface area is 138 Å². The van der Waals surface area contributed by atoms with Crippen LogP contribution in [0.1, 0.15) is 23.2 Å². The zero-order valence-corrected chi connectivity index (χ0v) is 13.3. The molecular formula is C17H17N3O2S. The van der Waals surface area contributed by atoms with Crippen LogP contribution in [0, 0.1) is 0 Å². The maximum Gasteiger partial charge on any atom is 0.256 e. The lowest BCUT2D eigenvalue weighted by Gasteiger charge is -2.35. The van der Waals surface area contributed by atoms with Gasteiger partial charge in [-0.2, -0.15) is 11.3 Å². The minimum Gasteiger partial charge on any atom is -0.328 e. The maximum atomic E-state index is 12.9. The fraction of sp³-hybridized carbons (Fsp3) is 0.294. The number of fused-ring (bicyclic) bond motifs is 2. The number of carbonyl (C=O) groups excluding carboxylic acids is 2. The van der Waals surface area contributed by atoms with E-state index >= 15 is 0 Å². The molecule has 1 saturated heterocycles. The molecule has 3 N–H and O–H groups in total. The molecule has 1 aromatic heterocycles. The van der Waals surface area contributed by atoms with Gasteiger partial charge in [-0.25, -0.2) is 0 Å². The van der Waals surface area contributed by atoms with E-state index in [0.29, 0.717) is 24.2 Å². The van der Waals surface area contributed by atoms with Crippen LogP contribution in [-0.4, -0.2) is 35.3 Å². The number of hydrogen-bond acceptors (Lipinski definition) is 4. The molecule has 23 heavy (non-hydrogen) atoms. The molecule has 2 aliphatic heterocycles. The summed E-state index contributed by atoms with van der Waals surface area (Å²) in [5, 5.41) is 6.94. The second-order valence-electron chi connectivity index (χ2n) is 6.06. The van der Waals surface area contributed by atoms with Crippen molar-refractivity contribution in [2.45, 2.75) is 24.9 Å². The van der Waals surface area contributed by atoms with Crippen LogP contribution >= 0.6 is 11.3 Å². The van der Waals surface area contributed by atoms with Crippen LogP contribution < -0.4 is 11.1 Å². The smallest absolute Gasteiger partial charge is 0.256 e. The number of carbonyl (C=O) groups is 2. The maximum absolute atomic E-state index is 12.9. The number of nitrogens with two attached hydrogens (primary N) is 1. The summed E-state index contributed by atoms with van der Waals surface area (Å²) in [6.07, 6.45) is 1.25. The van der Waals surface area contributed by atoms with Crippen molar-refractivity contribution in [1.82, 2.24) is 4.90 Å². The predicted molar refractivity (Wildman–Crippen MR) is 90.4 cm³/mol. The van der Waals surface area contributed by atoms with E-state index < -0.39 is 6.04 Å². The molecule has 6 heteroatoms. The highest BCUT2D eigenvalue weighted by Gasteiger charge is 2.38. The van der Waals surface area contributed by atoms with Gasteiger partial charge in [-0.3, -0.25) is 9.59 Å². The highest BCUT2D eigenvalue weighted by Crippen LogP contribution is 2.32. The summed E-state index contributed by atoms with van der Waals surface area (Å²) in [4.78, 5) is 27.1. The van der Waals surface area contributed by atoms with Crippen molar-refractivity contribution in [2.24, 2.45) is 5.73 Å². The number of benzene rings is 1. The number of thiophene rings is 1. The molecule has 0 saturated carbocycles. The minimum absolute atomic E-state index is 0.0302. The fourth-order valence-corrected chi connectivity index (χ4v) is 3.96. The molecule has 2 amide bonds. The Morgan fingerprint density at radius 2 is 2.09 bits per heavy atom. The van der Waals surface area contributed by atoms with Gasteiger partial charge in [0.25, 0.3) is 5.91 Å². The Morgan fingerprint density at radius 3 is 2.87 bits per heavy atom. The lowest BCUT2D eigenvalue weighted by atomic mass is 9.97. The molecule has 3 heterocycles. The van der Waals surface area contributed by atoms with Crippen LogP contribution in [-0.2, 0) is 4.79 Å². The molecule has 0 bridgehead atoms. The van der Waals surface area contributed by atoms with Gasteiger partial charge < -0.3 is 16.0 Å². The SMILES string of the molecule is N[C@H]1CCN2C(=O)c3cc(-c4ccsc4)ccc3NC(=O)[C@@H]2C1. The van der Waals surface area contributed by atoms with Crippen molar-refractivity contribution < 1.29 is 9.59 Å². The van der Waals surface area contributed by atoms with Gasteiger partial charge in [0.05, 0.1) is 11.3 Å². The van der Waals surface area contributed by atoms with E-state index in [0.717, 1.165) is 17.5 Å². The number of piperidine rings is 1. The van der Waals surface area contributed by atoms with Gasteiger partial charge in [-0.05, 0) is 52.9 Å². The summed E-state index contributed by atoms with van der Waals surface area (Å²) < 4.78 is 0. The van der Waals surface area contributed by atoms with Gasteiger partial charge in [0, 0.05) is 12.6 Å². The van der Waals surface area contributed by atoms with Crippen LogP contribution in [0.3, 0.4) is 0 Å². The van der Waals surface area contributed by atoms with Crippen LogP contribution in [0.5, 0.6) is 0 Å². The van der Waals surface area contributed by atoms with Crippen molar-refractivity contribution in [3.05, 3.63) is 40.6 Å². The lowest BCUT2D eigenvalue weighted by molar-refractivity contribution is -0.121. The summed E-state index contributed by atoms with van der Waals surface area (Å²) in [5.74, 6) is -0.233. The van der Waals surface area contributed by atoms with Gasteiger partial charge in [0.2, 0.25) is 5.91 Å². The molecule has 0 spiro atoms.